The molecule has 0 aliphatic rings. The van der Waals surface area contributed by atoms with Crippen LogP contribution in [0.25, 0.3) is 0 Å². The maximum Gasteiger partial charge on any atom is 0.194 e. The average Bonchev–Trinajstić information content (AvgIpc) is 2.35. The van der Waals surface area contributed by atoms with Crippen LogP contribution in [0, 0.1) is 17.8 Å². The molecule has 0 N–H and O–H groups in total. The zero-order chi connectivity index (χ0) is 15.9. The summed E-state index contributed by atoms with van der Waals surface area (Å²) >= 11 is 0. The monoisotopic (exact) mass is 306 g/mol. The van der Waals surface area contributed by atoms with Gasteiger partial charge in [0.1, 0.15) is 0 Å². The van der Waals surface area contributed by atoms with E-state index in [9.17, 15) is 0 Å². The Hall–Kier alpha value is -0.603. The normalized spacial score (nSPS) is 12.6. The molecule has 0 radical (unpaired) electrons. The number of benzene rings is 1. The Morgan fingerprint density at radius 2 is 1.19 bits per heavy atom. The Morgan fingerprint density at radius 3 is 1.57 bits per heavy atom. The van der Waals surface area contributed by atoms with E-state index in [1.165, 1.54) is 23.7 Å². The van der Waals surface area contributed by atoms with Crippen LogP contribution in [0.5, 0.6) is 0 Å². The highest BCUT2D eigenvalue weighted by molar-refractivity contribution is 6.74. The predicted molar refractivity (Wildman–Crippen MR) is 95.9 cm³/mol. The van der Waals surface area contributed by atoms with Crippen LogP contribution in [-0.4, -0.2) is 8.32 Å². The van der Waals surface area contributed by atoms with Crippen molar-refractivity contribution in [2.45, 2.75) is 66.3 Å². The highest BCUT2D eigenvalue weighted by Crippen LogP contribution is 2.33. The van der Waals surface area contributed by atoms with E-state index < -0.39 is 8.32 Å². The summed E-state index contributed by atoms with van der Waals surface area (Å²) in [6.45, 7) is 14.8. The van der Waals surface area contributed by atoms with Crippen molar-refractivity contribution in [3.63, 3.8) is 0 Å². The molecule has 120 valence electrons. The van der Waals surface area contributed by atoms with Crippen molar-refractivity contribution in [1.29, 1.82) is 0 Å². The molecule has 1 aromatic rings. The van der Waals surface area contributed by atoms with Crippen LogP contribution in [0.2, 0.25) is 18.1 Å². The number of hydrogen-bond acceptors (Lipinski definition) is 1. The highest BCUT2D eigenvalue weighted by atomic mass is 28.4. The van der Waals surface area contributed by atoms with Gasteiger partial charge in [-0.2, -0.15) is 0 Å². The van der Waals surface area contributed by atoms with E-state index in [0.717, 1.165) is 24.4 Å². The molecule has 0 aromatic heterocycles. The van der Waals surface area contributed by atoms with E-state index in [2.05, 4.69) is 71.9 Å². The molecule has 0 saturated heterocycles. The lowest BCUT2D eigenvalue weighted by Gasteiger charge is -2.36. The minimum Gasteiger partial charge on any atom is -0.413 e. The van der Waals surface area contributed by atoms with Crippen LogP contribution in [-0.2, 0) is 11.0 Å². The molecule has 0 bridgehead atoms. The molecule has 0 unspecified atom stereocenters. The lowest BCUT2D eigenvalue weighted by Crippen LogP contribution is -2.42. The summed E-state index contributed by atoms with van der Waals surface area (Å²) in [5.41, 5.74) is 1.31. The Balaban J connectivity index is 2.85. The highest BCUT2D eigenvalue weighted by Gasteiger charge is 2.37. The van der Waals surface area contributed by atoms with Gasteiger partial charge in [0.2, 0.25) is 0 Å². The fourth-order valence-corrected chi connectivity index (χ4v) is 9.26. The summed E-state index contributed by atoms with van der Waals surface area (Å²) in [7, 11) is -1.67. The van der Waals surface area contributed by atoms with Gasteiger partial charge in [-0.1, -0.05) is 71.9 Å². The van der Waals surface area contributed by atoms with Crippen LogP contribution < -0.4 is 0 Å². The Kier molecular flexibility index (Phi) is 7.68. The molecule has 1 aromatic carbocycles. The Bertz CT molecular complexity index is 357. The van der Waals surface area contributed by atoms with Crippen molar-refractivity contribution in [2.75, 3.05) is 0 Å². The smallest absolute Gasteiger partial charge is 0.194 e. The molecule has 0 aliphatic heterocycles. The molecular weight excluding hydrogens is 272 g/mol. The van der Waals surface area contributed by atoms with Gasteiger partial charge >= 0.3 is 0 Å². The van der Waals surface area contributed by atoms with Gasteiger partial charge in [-0.15, -0.1) is 0 Å². The summed E-state index contributed by atoms with van der Waals surface area (Å²) in [6.07, 6.45) is 0. The molecule has 1 rings (SSSR count). The van der Waals surface area contributed by atoms with Gasteiger partial charge in [0.15, 0.2) is 8.32 Å². The molecular formula is C19H34OSi. The molecule has 21 heavy (non-hydrogen) atoms. The second-order valence-electron chi connectivity index (χ2n) is 7.75. The van der Waals surface area contributed by atoms with Gasteiger partial charge in [-0.05, 0) is 41.4 Å². The predicted octanol–water partition coefficient (Wildman–Crippen LogP) is 6.12. The third-order valence-electron chi connectivity index (χ3n) is 3.73. The first kappa shape index (κ1) is 18.4. The quantitative estimate of drug-likeness (QED) is 0.500. The van der Waals surface area contributed by atoms with Crippen LogP contribution in [0.3, 0.4) is 0 Å². The maximum atomic E-state index is 6.69. The van der Waals surface area contributed by atoms with E-state index in [0.29, 0.717) is 0 Å². The first-order chi connectivity index (χ1) is 9.83. The fraction of sp³-hybridized carbons (Fsp3) is 0.684. The van der Waals surface area contributed by atoms with Gasteiger partial charge < -0.3 is 4.43 Å². The third kappa shape index (κ3) is 7.28. The molecule has 0 saturated carbocycles. The molecule has 0 spiro atoms. The molecule has 0 aliphatic carbocycles. The second kappa shape index (κ2) is 8.75. The largest absolute Gasteiger partial charge is 0.413 e. The van der Waals surface area contributed by atoms with Crippen molar-refractivity contribution in [3.05, 3.63) is 35.9 Å². The van der Waals surface area contributed by atoms with Crippen LogP contribution >= 0.6 is 0 Å². The SMILES string of the molecule is CC(C)C[Si](CC(C)C)(CC(C)C)OCc1ccccc1. The zero-order valence-corrected chi connectivity index (χ0v) is 15.9. The van der Waals surface area contributed by atoms with Crippen LogP contribution in [0.4, 0.5) is 0 Å². The fourth-order valence-electron chi connectivity index (χ4n) is 3.47. The molecule has 1 nitrogen and oxygen atoms in total. The summed E-state index contributed by atoms with van der Waals surface area (Å²) in [5.74, 6) is 2.18. The van der Waals surface area contributed by atoms with Gasteiger partial charge in [0.05, 0.1) is 6.61 Å². The summed E-state index contributed by atoms with van der Waals surface area (Å²) < 4.78 is 6.69. The van der Waals surface area contributed by atoms with Crippen molar-refractivity contribution in [2.24, 2.45) is 17.8 Å². The number of hydrogen-bond donors (Lipinski definition) is 0. The lowest BCUT2D eigenvalue weighted by atomic mass is 10.2. The van der Waals surface area contributed by atoms with Crippen molar-refractivity contribution < 1.29 is 4.43 Å². The standard InChI is InChI=1S/C19H34OSi/c1-16(2)13-21(14-17(3)4,15-18(5)6)20-12-19-10-8-7-9-11-19/h7-11,16-18H,12-15H2,1-6H3. The topological polar surface area (TPSA) is 9.23 Å². The van der Waals surface area contributed by atoms with E-state index >= 15 is 0 Å². The third-order valence-corrected chi connectivity index (χ3v) is 9.17. The van der Waals surface area contributed by atoms with E-state index in [4.69, 9.17) is 4.43 Å². The minimum atomic E-state index is -1.67. The summed E-state index contributed by atoms with van der Waals surface area (Å²) in [6, 6.07) is 14.5. The first-order valence-electron chi connectivity index (χ1n) is 8.51. The molecule has 2 heteroatoms. The maximum absolute atomic E-state index is 6.69. The van der Waals surface area contributed by atoms with E-state index in [1.807, 2.05) is 0 Å². The van der Waals surface area contributed by atoms with Crippen molar-refractivity contribution in [3.8, 4) is 0 Å². The van der Waals surface area contributed by atoms with Crippen molar-refractivity contribution in [1.82, 2.24) is 0 Å². The second-order valence-corrected chi connectivity index (χ2v) is 11.6. The van der Waals surface area contributed by atoms with Crippen LogP contribution in [0.1, 0.15) is 47.1 Å². The van der Waals surface area contributed by atoms with Gasteiger partial charge in [-0.25, -0.2) is 0 Å². The molecule has 0 heterocycles. The Morgan fingerprint density at radius 1 is 0.762 bits per heavy atom. The molecule has 0 fully saturated rings. The zero-order valence-electron chi connectivity index (χ0n) is 14.9. The summed E-state index contributed by atoms with van der Waals surface area (Å²) in [5, 5.41) is 0. The first-order valence-corrected chi connectivity index (χ1v) is 11.0. The molecule has 0 amide bonds. The Labute approximate surface area is 133 Å². The van der Waals surface area contributed by atoms with Crippen molar-refractivity contribution >= 4 is 8.32 Å². The van der Waals surface area contributed by atoms with E-state index in [1.54, 1.807) is 0 Å². The van der Waals surface area contributed by atoms with Gasteiger partial charge in [0, 0.05) is 0 Å². The molecule has 0 atom stereocenters. The van der Waals surface area contributed by atoms with Gasteiger partial charge in [-0.3, -0.25) is 0 Å². The number of rotatable bonds is 9. The van der Waals surface area contributed by atoms with Gasteiger partial charge in [0.25, 0.3) is 0 Å². The summed E-state index contributed by atoms with van der Waals surface area (Å²) in [4.78, 5) is 0. The lowest BCUT2D eigenvalue weighted by molar-refractivity contribution is 0.272. The van der Waals surface area contributed by atoms with E-state index in [-0.39, 0.29) is 0 Å². The average molecular weight is 307 g/mol. The minimum absolute atomic E-state index is 0.727. The van der Waals surface area contributed by atoms with Crippen LogP contribution in [0.15, 0.2) is 30.3 Å².